The Morgan fingerprint density at radius 2 is 1.96 bits per heavy atom. The van der Waals surface area contributed by atoms with E-state index >= 15 is 0 Å². The van der Waals surface area contributed by atoms with Crippen molar-refractivity contribution in [1.29, 1.82) is 0 Å². The van der Waals surface area contributed by atoms with E-state index in [0.29, 0.717) is 11.3 Å². The highest BCUT2D eigenvalue weighted by molar-refractivity contribution is 9.10. The van der Waals surface area contributed by atoms with Gasteiger partial charge in [-0.15, -0.1) is 0 Å². The second-order valence-corrected chi connectivity index (χ2v) is 6.02. The number of alkyl halides is 4. The van der Waals surface area contributed by atoms with Gasteiger partial charge in [0.25, 0.3) is 0 Å². The summed E-state index contributed by atoms with van der Waals surface area (Å²) in [6.45, 7) is 0.254. The summed E-state index contributed by atoms with van der Waals surface area (Å²) in [6, 6.07) is 10.8. The number of fused-ring (bicyclic) bond motifs is 1. The molecule has 128 valence electrons. The lowest BCUT2D eigenvalue weighted by Crippen LogP contribution is -2.33. The van der Waals surface area contributed by atoms with Crippen molar-refractivity contribution in [3.05, 3.63) is 52.5 Å². The number of para-hydroxylation sites is 1. The monoisotopic (exact) mass is 405 g/mol. The van der Waals surface area contributed by atoms with Crippen LogP contribution in [0.2, 0.25) is 0 Å². The largest absolute Gasteiger partial charge is 0.488 e. The number of anilines is 1. The van der Waals surface area contributed by atoms with E-state index in [-0.39, 0.29) is 18.4 Å². The van der Waals surface area contributed by atoms with Gasteiger partial charge in [0.05, 0.1) is 16.2 Å². The molecule has 0 amide bonds. The molecule has 0 fully saturated rings. The second-order valence-electron chi connectivity index (χ2n) is 5.16. The molecule has 0 bridgehead atoms. The number of halogens is 5. The molecular weight excluding hydrogens is 394 g/mol. The molecule has 2 aromatic rings. The lowest BCUT2D eigenvalue weighted by molar-refractivity contribution is -0.253. The first-order valence-electron chi connectivity index (χ1n) is 6.99. The van der Waals surface area contributed by atoms with Crippen molar-refractivity contribution in [1.82, 2.24) is 0 Å². The molecule has 0 radical (unpaired) electrons. The lowest BCUT2D eigenvalue weighted by atomic mass is 10.1. The first kappa shape index (κ1) is 16.9. The normalized spacial score (nSPS) is 17.0. The zero-order chi connectivity index (χ0) is 17.3. The molecule has 0 aromatic heterocycles. The summed E-state index contributed by atoms with van der Waals surface area (Å²) in [4.78, 5) is 0. The van der Waals surface area contributed by atoms with Crippen LogP contribution in [0.1, 0.15) is 11.6 Å². The van der Waals surface area contributed by atoms with Crippen LogP contribution in [0.15, 0.2) is 46.9 Å². The number of benzene rings is 2. The Morgan fingerprint density at radius 1 is 1.21 bits per heavy atom. The van der Waals surface area contributed by atoms with Crippen molar-refractivity contribution < 1.29 is 27.0 Å². The molecular formula is C16H12BrF4NO2. The van der Waals surface area contributed by atoms with E-state index in [2.05, 4.69) is 26.0 Å². The molecule has 3 rings (SSSR count). The van der Waals surface area contributed by atoms with Crippen molar-refractivity contribution in [2.75, 3.05) is 11.9 Å². The highest BCUT2D eigenvalue weighted by Gasteiger charge is 2.44. The predicted octanol–water partition coefficient (Wildman–Crippen LogP) is 5.23. The second kappa shape index (κ2) is 6.51. The van der Waals surface area contributed by atoms with Crippen LogP contribution in [-0.2, 0) is 0 Å². The molecule has 1 heterocycles. The Hall–Kier alpha value is -1.96. The maximum absolute atomic E-state index is 13.0. The average molecular weight is 406 g/mol. The van der Waals surface area contributed by atoms with Gasteiger partial charge in [0.2, 0.25) is 0 Å². The zero-order valence-electron chi connectivity index (χ0n) is 12.1. The van der Waals surface area contributed by atoms with Gasteiger partial charge in [0.15, 0.2) is 5.75 Å². The van der Waals surface area contributed by atoms with Gasteiger partial charge in [0, 0.05) is 0 Å². The van der Waals surface area contributed by atoms with Crippen LogP contribution in [0, 0.1) is 0 Å². The molecule has 1 aliphatic rings. The highest BCUT2D eigenvalue weighted by Crippen LogP contribution is 2.39. The van der Waals surface area contributed by atoms with Crippen LogP contribution in [0.25, 0.3) is 0 Å². The van der Waals surface area contributed by atoms with Crippen molar-refractivity contribution in [3.63, 3.8) is 0 Å². The van der Waals surface area contributed by atoms with Crippen LogP contribution in [0.5, 0.6) is 11.5 Å². The minimum absolute atomic E-state index is 0.254. The summed E-state index contributed by atoms with van der Waals surface area (Å²) >= 11 is 3.38. The molecule has 1 aliphatic heterocycles. The van der Waals surface area contributed by atoms with E-state index < -0.39 is 12.5 Å². The van der Waals surface area contributed by atoms with Gasteiger partial charge in [-0.1, -0.05) is 18.2 Å². The Morgan fingerprint density at radius 3 is 2.71 bits per heavy atom. The Kier molecular flexibility index (Phi) is 4.58. The number of rotatable bonds is 4. The SMILES string of the molecule is FC(F)C(F)(F)Oc1cccc([C@H]2COc3c(Br)cccc3N2)c1. The number of hydrogen-bond donors (Lipinski definition) is 1. The Labute approximate surface area is 143 Å². The zero-order valence-corrected chi connectivity index (χ0v) is 13.7. The maximum atomic E-state index is 13.0. The predicted molar refractivity (Wildman–Crippen MR) is 84.0 cm³/mol. The minimum Gasteiger partial charge on any atom is -0.488 e. The van der Waals surface area contributed by atoms with E-state index in [9.17, 15) is 17.6 Å². The van der Waals surface area contributed by atoms with E-state index in [1.54, 1.807) is 6.07 Å². The number of hydrogen-bond acceptors (Lipinski definition) is 3. The van der Waals surface area contributed by atoms with Gasteiger partial charge in [-0.3, -0.25) is 0 Å². The minimum atomic E-state index is -4.54. The summed E-state index contributed by atoms with van der Waals surface area (Å²) < 4.78 is 61.1. The molecule has 0 saturated carbocycles. The van der Waals surface area contributed by atoms with E-state index in [0.717, 1.165) is 10.2 Å². The van der Waals surface area contributed by atoms with Crippen molar-refractivity contribution in [2.24, 2.45) is 0 Å². The Bertz CT molecular complexity index is 742. The summed E-state index contributed by atoms with van der Waals surface area (Å²) in [6.07, 6.45) is -8.44. The average Bonchev–Trinajstić information content (AvgIpc) is 2.54. The third-order valence-electron chi connectivity index (χ3n) is 3.46. The molecule has 3 nitrogen and oxygen atoms in total. The molecule has 1 N–H and O–H groups in total. The fraction of sp³-hybridized carbons (Fsp3) is 0.250. The van der Waals surface area contributed by atoms with Crippen LogP contribution in [-0.4, -0.2) is 19.1 Å². The Balaban J connectivity index is 1.80. The first-order chi connectivity index (χ1) is 11.4. The van der Waals surface area contributed by atoms with Gasteiger partial charge in [-0.25, -0.2) is 0 Å². The van der Waals surface area contributed by atoms with Gasteiger partial charge >= 0.3 is 12.5 Å². The van der Waals surface area contributed by atoms with E-state index in [1.807, 2.05) is 18.2 Å². The van der Waals surface area contributed by atoms with Crippen molar-refractivity contribution in [3.8, 4) is 11.5 Å². The maximum Gasteiger partial charge on any atom is 0.461 e. The highest BCUT2D eigenvalue weighted by atomic mass is 79.9. The number of nitrogens with one attached hydrogen (secondary N) is 1. The molecule has 1 atom stereocenters. The topological polar surface area (TPSA) is 30.5 Å². The summed E-state index contributed by atoms with van der Waals surface area (Å²) in [5.41, 5.74) is 1.33. The van der Waals surface area contributed by atoms with E-state index in [4.69, 9.17) is 4.74 Å². The fourth-order valence-electron chi connectivity index (χ4n) is 2.34. The molecule has 2 aromatic carbocycles. The van der Waals surface area contributed by atoms with Crippen molar-refractivity contribution in [2.45, 2.75) is 18.6 Å². The standard InChI is InChI=1S/C16H12BrF4NO2/c17-11-5-2-6-12-14(11)23-8-13(22-12)9-3-1-4-10(7-9)24-16(20,21)15(18)19/h1-7,13,15,22H,8H2/t13-/m1/s1. The third kappa shape index (κ3) is 3.43. The number of ether oxygens (including phenoxy) is 2. The van der Waals surface area contributed by atoms with Crippen molar-refractivity contribution >= 4 is 21.6 Å². The fourth-order valence-corrected chi connectivity index (χ4v) is 2.82. The van der Waals surface area contributed by atoms with Gasteiger partial charge < -0.3 is 14.8 Å². The smallest absolute Gasteiger partial charge is 0.461 e. The first-order valence-corrected chi connectivity index (χ1v) is 7.79. The molecule has 24 heavy (non-hydrogen) atoms. The summed E-state index contributed by atoms with van der Waals surface area (Å²) in [5, 5.41) is 3.22. The molecule has 8 heteroatoms. The van der Waals surface area contributed by atoms with Gasteiger partial charge in [0.1, 0.15) is 12.4 Å². The van der Waals surface area contributed by atoms with Crippen LogP contribution in [0.3, 0.4) is 0 Å². The molecule has 0 spiro atoms. The summed E-state index contributed by atoms with van der Waals surface area (Å²) in [5.74, 6) is 0.324. The van der Waals surface area contributed by atoms with Gasteiger partial charge in [-0.2, -0.15) is 17.6 Å². The molecule has 0 aliphatic carbocycles. The molecule has 0 saturated heterocycles. The lowest BCUT2D eigenvalue weighted by Gasteiger charge is -2.28. The third-order valence-corrected chi connectivity index (χ3v) is 4.08. The van der Waals surface area contributed by atoms with Crippen LogP contribution < -0.4 is 14.8 Å². The van der Waals surface area contributed by atoms with Crippen LogP contribution in [0.4, 0.5) is 23.2 Å². The van der Waals surface area contributed by atoms with Crippen LogP contribution >= 0.6 is 15.9 Å². The van der Waals surface area contributed by atoms with E-state index in [1.165, 1.54) is 18.2 Å². The molecule has 0 unspecified atom stereocenters. The quantitative estimate of drug-likeness (QED) is 0.706. The van der Waals surface area contributed by atoms with Gasteiger partial charge in [-0.05, 0) is 45.8 Å². The summed E-state index contributed by atoms with van der Waals surface area (Å²) in [7, 11) is 0.